The van der Waals surface area contributed by atoms with Crippen LogP contribution in [0.5, 0.6) is 0 Å². The van der Waals surface area contributed by atoms with E-state index in [1.807, 2.05) is 0 Å². The molecule has 1 fully saturated rings. The summed E-state index contributed by atoms with van der Waals surface area (Å²) in [6.07, 6.45) is 3.53. The Balaban J connectivity index is 2.48. The Morgan fingerprint density at radius 1 is 1.35 bits per heavy atom. The van der Waals surface area contributed by atoms with Crippen molar-refractivity contribution in [2.45, 2.75) is 64.6 Å². The Hall–Kier alpha value is -0.160. The van der Waals surface area contributed by atoms with Crippen LogP contribution in [-0.4, -0.2) is 72.4 Å². The lowest BCUT2D eigenvalue weighted by Gasteiger charge is -2.41. The number of piperidine rings is 1. The number of hydrogen-bond acceptors (Lipinski definition) is 4. The van der Waals surface area contributed by atoms with Crippen molar-refractivity contribution >= 4 is 0 Å². The summed E-state index contributed by atoms with van der Waals surface area (Å²) >= 11 is 0. The molecule has 1 rings (SSSR count). The van der Waals surface area contributed by atoms with Crippen molar-refractivity contribution in [1.82, 2.24) is 15.1 Å². The van der Waals surface area contributed by atoms with Crippen molar-refractivity contribution in [1.29, 1.82) is 0 Å². The van der Waals surface area contributed by atoms with Crippen LogP contribution >= 0.6 is 0 Å². The molecule has 20 heavy (non-hydrogen) atoms. The summed E-state index contributed by atoms with van der Waals surface area (Å²) < 4.78 is 0. The third-order valence-electron chi connectivity index (χ3n) is 4.97. The lowest BCUT2D eigenvalue weighted by molar-refractivity contribution is 0.0746. The van der Waals surface area contributed by atoms with Gasteiger partial charge in [0.25, 0.3) is 0 Å². The third kappa shape index (κ3) is 4.99. The van der Waals surface area contributed by atoms with Crippen LogP contribution in [0.1, 0.15) is 47.0 Å². The fourth-order valence-electron chi connectivity index (χ4n) is 3.42. The SMILES string of the molecule is CCNC(C)(CO)CC(C)N(C)C1CCN(CC)CC1. The summed E-state index contributed by atoms with van der Waals surface area (Å²) in [6, 6.07) is 1.18. The lowest BCUT2D eigenvalue weighted by Crippen LogP contribution is -2.52. The van der Waals surface area contributed by atoms with Crippen LogP contribution in [0, 0.1) is 0 Å². The Kier molecular flexibility index (Phi) is 7.45. The van der Waals surface area contributed by atoms with Crippen molar-refractivity contribution in [3.8, 4) is 0 Å². The lowest BCUT2D eigenvalue weighted by atomic mass is 9.92. The highest BCUT2D eigenvalue weighted by atomic mass is 16.3. The smallest absolute Gasteiger partial charge is 0.0611 e. The first-order valence-electron chi connectivity index (χ1n) is 8.26. The van der Waals surface area contributed by atoms with Crippen molar-refractivity contribution in [2.24, 2.45) is 0 Å². The van der Waals surface area contributed by atoms with Gasteiger partial charge < -0.3 is 20.2 Å². The molecule has 2 atom stereocenters. The predicted molar refractivity (Wildman–Crippen MR) is 86.1 cm³/mol. The Bertz CT molecular complexity index is 266. The normalized spacial score (nSPS) is 22.9. The number of rotatable bonds is 8. The van der Waals surface area contributed by atoms with Crippen LogP contribution in [0.3, 0.4) is 0 Å². The van der Waals surface area contributed by atoms with E-state index in [1.54, 1.807) is 0 Å². The summed E-state index contributed by atoms with van der Waals surface area (Å²) in [5.74, 6) is 0. The predicted octanol–water partition coefficient (Wildman–Crippen LogP) is 1.54. The Labute approximate surface area is 125 Å². The average molecular weight is 285 g/mol. The fraction of sp³-hybridized carbons (Fsp3) is 1.00. The van der Waals surface area contributed by atoms with Gasteiger partial charge in [0.05, 0.1) is 6.61 Å². The number of aliphatic hydroxyl groups excluding tert-OH is 1. The number of nitrogens with zero attached hydrogens (tertiary/aromatic N) is 2. The molecule has 0 aliphatic carbocycles. The maximum absolute atomic E-state index is 9.64. The van der Waals surface area contributed by atoms with Crippen LogP contribution in [-0.2, 0) is 0 Å². The molecule has 0 amide bonds. The summed E-state index contributed by atoms with van der Waals surface area (Å²) in [7, 11) is 2.25. The van der Waals surface area contributed by atoms with Crippen molar-refractivity contribution in [2.75, 3.05) is 39.8 Å². The maximum atomic E-state index is 9.64. The standard InChI is InChI=1S/C16H35N3O/c1-6-17-16(4,13-20)12-14(3)18(5)15-8-10-19(7-2)11-9-15/h14-15,17,20H,6-13H2,1-5H3. The van der Waals surface area contributed by atoms with Gasteiger partial charge in [0.2, 0.25) is 0 Å². The number of aliphatic hydroxyl groups is 1. The molecule has 2 unspecified atom stereocenters. The van der Waals surface area contributed by atoms with Gasteiger partial charge in [-0.15, -0.1) is 0 Å². The molecule has 0 bridgehead atoms. The minimum absolute atomic E-state index is 0.160. The molecule has 2 N–H and O–H groups in total. The molecule has 120 valence electrons. The summed E-state index contributed by atoms with van der Waals surface area (Å²) in [5.41, 5.74) is -0.160. The second kappa shape index (κ2) is 8.32. The first-order chi connectivity index (χ1) is 9.45. The van der Waals surface area contributed by atoms with E-state index in [0.717, 1.165) is 13.0 Å². The van der Waals surface area contributed by atoms with Gasteiger partial charge in [-0.3, -0.25) is 0 Å². The van der Waals surface area contributed by atoms with E-state index in [2.05, 4.69) is 49.9 Å². The molecule has 0 spiro atoms. The van der Waals surface area contributed by atoms with Gasteiger partial charge >= 0.3 is 0 Å². The zero-order valence-corrected chi connectivity index (χ0v) is 14.2. The highest BCUT2D eigenvalue weighted by molar-refractivity contribution is 4.89. The van der Waals surface area contributed by atoms with E-state index >= 15 is 0 Å². The summed E-state index contributed by atoms with van der Waals surface area (Å²) in [6.45, 7) is 13.5. The largest absolute Gasteiger partial charge is 0.394 e. The Morgan fingerprint density at radius 3 is 2.40 bits per heavy atom. The second-order valence-electron chi connectivity index (χ2n) is 6.63. The fourth-order valence-corrected chi connectivity index (χ4v) is 3.42. The summed E-state index contributed by atoms with van der Waals surface area (Å²) in [5, 5.41) is 13.1. The zero-order valence-electron chi connectivity index (χ0n) is 14.2. The first-order valence-corrected chi connectivity index (χ1v) is 8.26. The number of hydrogen-bond donors (Lipinski definition) is 2. The van der Waals surface area contributed by atoms with Gasteiger partial charge in [0.15, 0.2) is 0 Å². The van der Waals surface area contributed by atoms with Gasteiger partial charge in [-0.25, -0.2) is 0 Å². The van der Waals surface area contributed by atoms with Crippen LogP contribution in [0.15, 0.2) is 0 Å². The van der Waals surface area contributed by atoms with Crippen LogP contribution in [0.25, 0.3) is 0 Å². The molecule has 0 aromatic carbocycles. The third-order valence-corrected chi connectivity index (χ3v) is 4.97. The molecule has 0 aromatic heterocycles. The monoisotopic (exact) mass is 285 g/mol. The zero-order chi connectivity index (χ0) is 15.2. The van der Waals surface area contributed by atoms with Gasteiger partial charge in [0, 0.05) is 17.6 Å². The molecule has 1 aliphatic rings. The van der Waals surface area contributed by atoms with E-state index in [0.29, 0.717) is 12.1 Å². The van der Waals surface area contributed by atoms with Gasteiger partial charge in [-0.2, -0.15) is 0 Å². The number of likely N-dealkylation sites (tertiary alicyclic amines) is 1. The van der Waals surface area contributed by atoms with Gasteiger partial charge in [-0.1, -0.05) is 13.8 Å². The molecule has 0 saturated carbocycles. The van der Waals surface area contributed by atoms with E-state index in [1.165, 1.54) is 32.5 Å². The van der Waals surface area contributed by atoms with Crippen molar-refractivity contribution in [3.63, 3.8) is 0 Å². The molecule has 0 radical (unpaired) electrons. The quantitative estimate of drug-likeness (QED) is 0.710. The van der Waals surface area contributed by atoms with E-state index in [9.17, 15) is 5.11 Å². The van der Waals surface area contributed by atoms with Crippen LogP contribution in [0.2, 0.25) is 0 Å². The minimum Gasteiger partial charge on any atom is -0.394 e. The Morgan fingerprint density at radius 2 is 1.95 bits per heavy atom. The molecule has 0 aromatic rings. The van der Waals surface area contributed by atoms with Crippen molar-refractivity contribution < 1.29 is 5.11 Å². The molecule has 1 aliphatic heterocycles. The van der Waals surface area contributed by atoms with E-state index < -0.39 is 0 Å². The molecule has 4 heteroatoms. The van der Waals surface area contributed by atoms with Crippen LogP contribution < -0.4 is 5.32 Å². The summed E-state index contributed by atoms with van der Waals surface area (Å²) in [4.78, 5) is 5.06. The molecule has 1 saturated heterocycles. The molecular weight excluding hydrogens is 250 g/mol. The number of likely N-dealkylation sites (N-methyl/N-ethyl adjacent to an activating group) is 1. The topological polar surface area (TPSA) is 38.7 Å². The minimum atomic E-state index is -0.160. The van der Waals surface area contributed by atoms with Gasteiger partial charge in [-0.05, 0) is 66.3 Å². The van der Waals surface area contributed by atoms with Crippen LogP contribution in [0.4, 0.5) is 0 Å². The van der Waals surface area contributed by atoms with Gasteiger partial charge in [0.1, 0.15) is 0 Å². The first kappa shape index (κ1) is 17.9. The highest BCUT2D eigenvalue weighted by Gasteiger charge is 2.30. The molecular formula is C16H35N3O. The molecule has 1 heterocycles. The highest BCUT2D eigenvalue weighted by Crippen LogP contribution is 2.21. The number of nitrogens with one attached hydrogen (secondary N) is 1. The van der Waals surface area contributed by atoms with E-state index in [-0.39, 0.29) is 12.1 Å². The average Bonchev–Trinajstić information content (AvgIpc) is 2.46. The van der Waals surface area contributed by atoms with E-state index in [4.69, 9.17) is 0 Å². The second-order valence-corrected chi connectivity index (χ2v) is 6.63. The maximum Gasteiger partial charge on any atom is 0.0611 e. The van der Waals surface area contributed by atoms with Crippen molar-refractivity contribution in [3.05, 3.63) is 0 Å². The molecule has 4 nitrogen and oxygen atoms in total.